The van der Waals surface area contributed by atoms with E-state index >= 15 is 0 Å². The van der Waals surface area contributed by atoms with Gasteiger partial charge in [-0.05, 0) is 44.1 Å². The molecular formula is C23H32N4O2. The number of carbonyl (C=O) groups excluding carboxylic acids is 1. The Bertz CT molecular complexity index is 872. The lowest BCUT2D eigenvalue weighted by atomic mass is 9.94. The summed E-state index contributed by atoms with van der Waals surface area (Å²) >= 11 is 0. The van der Waals surface area contributed by atoms with Gasteiger partial charge in [0.2, 0.25) is 5.91 Å². The topological polar surface area (TPSA) is 60.1 Å². The zero-order chi connectivity index (χ0) is 20.2. The molecule has 4 rings (SSSR count). The average molecular weight is 397 g/mol. The van der Waals surface area contributed by atoms with Crippen LogP contribution in [0, 0.1) is 5.92 Å². The molecular weight excluding hydrogens is 364 g/mol. The van der Waals surface area contributed by atoms with Crippen LogP contribution in [0.25, 0.3) is 0 Å². The summed E-state index contributed by atoms with van der Waals surface area (Å²) in [6, 6.07) is 9.98. The molecule has 1 saturated heterocycles. The van der Waals surface area contributed by atoms with Gasteiger partial charge >= 0.3 is 5.69 Å². The highest BCUT2D eigenvalue weighted by atomic mass is 16.2. The molecule has 1 amide bonds. The molecule has 6 nitrogen and oxygen atoms in total. The smallest absolute Gasteiger partial charge is 0.343 e. The van der Waals surface area contributed by atoms with Crippen LogP contribution in [-0.2, 0) is 17.9 Å². The van der Waals surface area contributed by atoms with Crippen LogP contribution < -0.4 is 5.69 Å². The first kappa shape index (κ1) is 19.9. The molecule has 156 valence electrons. The Kier molecular flexibility index (Phi) is 6.16. The molecule has 0 N–H and O–H groups in total. The Morgan fingerprint density at radius 3 is 2.41 bits per heavy atom. The maximum absolute atomic E-state index is 12.8. The number of rotatable bonds is 6. The Hall–Kier alpha value is -2.37. The van der Waals surface area contributed by atoms with Gasteiger partial charge in [0.05, 0.1) is 6.54 Å². The molecule has 0 atom stereocenters. The van der Waals surface area contributed by atoms with Crippen LogP contribution in [0.3, 0.4) is 0 Å². The molecule has 29 heavy (non-hydrogen) atoms. The van der Waals surface area contributed by atoms with E-state index in [1.165, 1.54) is 25.7 Å². The van der Waals surface area contributed by atoms with Crippen molar-refractivity contribution in [2.24, 2.45) is 5.92 Å². The largest absolute Gasteiger partial charge is 0.346 e. The van der Waals surface area contributed by atoms with Crippen LogP contribution in [-0.4, -0.2) is 38.2 Å². The summed E-state index contributed by atoms with van der Waals surface area (Å²) < 4.78 is 3.40. The van der Waals surface area contributed by atoms with E-state index in [4.69, 9.17) is 5.10 Å². The second-order valence-corrected chi connectivity index (χ2v) is 8.54. The van der Waals surface area contributed by atoms with Gasteiger partial charge in [-0.2, -0.15) is 5.10 Å². The second-order valence-electron chi connectivity index (χ2n) is 8.54. The van der Waals surface area contributed by atoms with Crippen LogP contribution >= 0.6 is 0 Å². The average Bonchev–Trinajstić information content (AvgIpc) is 3.37. The number of hydrogen-bond donors (Lipinski definition) is 0. The summed E-state index contributed by atoms with van der Waals surface area (Å²) in [5, 5.41) is 4.72. The van der Waals surface area contributed by atoms with E-state index in [0.29, 0.717) is 24.9 Å². The maximum Gasteiger partial charge on any atom is 0.346 e. The van der Waals surface area contributed by atoms with E-state index in [-0.39, 0.29) is 11.6 Å². The molecule has 2 aliphatic rings. The number of piperidine rings is 1. The molecule has 0 unspecified atom stereocenters. The Morgan fingerprint density at radius 1 is 1.07 bits per heavy atom. The minimum atomic E-state index is -0.0360. The molecule has 2 aromatic rings. The van der Waals surface area contributed by atoms with Crippen molar-refractivity contribution < 1.29 is 4.79 Å². The van der Waals surface area contributed by atoms with Crippen molar-refractivity contribution in [1.29, 1.82) is 0 Å². The first-order valence-electron chi connectivity index (χ1n) is 11.1. The van der Waals surface area contributed by atoms with Gasteiger partial charge in [0.25, 0.3) is 0 Å². The van der Waals surface area contributed by atoms with Gasteiger partial charge in [0, 0.05) is 32.0 Å². The van der Waals surface area contributed by atoms with Gasteiger partial charge in [-0.15, -0.1) is 0 Å². The van der Waals surface area contributed by atoms with Crippen molar-refractivity contribution in [1.82, 2.24) is 19.2 Å². The normalized spacial score (nSPS) is 18.4. The summed E-state index contributed by atoms with van der Waals surface area (Å²) in [7, 11) is 0. The number of nitrogens with zero attached hydrogens (tertiary/aromatic N) is 4. The van der Waals surface area contributed by atoms with E-state index in [1.54, 1.807) is 4.68 Å². The highest BCUT2D eigenvalue weighted by Crippen LogP contribution is 2.30. The Morgan fingerprint density at radius 2 is 1.76 bits per heavy atom. The van der Waals surface area contributed by atoms with Gasteiger partial charge in [-0.1, -0.05) is 43.2 Å². The van der Waals surface area contributed by atoms with E-state index in [1.807, 2.05) is 46.7 Å². The van der Waals surface area contributed by atoms with E-state index < -0.39 is 0 Å². The molecule has 1 saturated carbocycles. The second kappa shape index (κ2) is 8.97. The van der Waals surface area contributed by atoms with Crippen molar-refractivity contribution in [2.45, 2.75) is 70.9 Å². The van der Waals surface area contributed by atoms with Gasteiger partial charge in [-0.3, -0.25) is 9.36 Å². The number of likely N-dealkylation sites (tertiary alicyclic amines) is 1. The van der Waals surface area contributed by atoms with Crippen LogP contribution in [0.1, 0.15) is 69.2 Å². The molecule has 0 bridgehead atoms. The zero-order valence-electron chi connectivity index (χ0n) is 17.4. The lowest BCUT2D eigenvalue weighted by Gasteiger charge is -2.32. The fourth-order valence-corrected chi connectivity index (χ4v) is 4.89. The number of benzene rings is 1. The molecule has 1 aliphatic heterocycles. The number of carbonyl (C=O) groups is 1. The molecule has 2 fully saturated rings. The monoisotopic (exact) mass is 396 g/mol. The summed E-state index contributed by atoms with van der Waals surface area (Å²) in [6.07, 6.45) is 7.47. The third kappa shape index (κ3) is 4.46. The van der Waals surface area contributed by atoms with Gasteiger partial charge < -0.3 is 4.90 Å². The highest BCUT2D eigenvalue weighted by Gasteiger charge is 2.29. The van der Waals surface area contributed by atoms with Crippen LogP contribution in [0.2, 0.25) is 0 Å². The molecule has 0 spiro atoms. The zero-order valence-corrected chi connectivity index (χ0v) is 17.4. The lowest BCUT2D eigenvalue weighted by Crippen LogP contribution is -2.39. The van der Waals surface area contributed by atoms with Gasteiger partial charge in [0.15, 0.2) is 0 Å². The fourth-order valence-electron chi connectivity index (χ4n) is 4.89. The molecule has 1 aromatic heterocycles. The molecule has 1 aromatic carbocycles. The maximum atomic E-state index is 12.8. The molecule has 0 radical (unpaired) electrons. The highest BCUT2D eigenvalue weighted by molar-refractivity contribution is 5.76. The Balaban J connectivity index is 1.41. The number of hydrogen-bond acceptors (Lipinski definition) is 3. The van der Waals surface area contributed by atoms with Crippen molar-refractivity contribution in [3.05, 3.63) is 52.2 Å². The lowest BCUT2D eigenvalue weighted by molar-refractivity contribution is -0.133. The fraction of sp³-hybridized carbons (Fsp3) is 0.609. The van der Waals surface area contributed by atoms with Crippen LogP contribution in [0.15, 0.2) is 35.1 Å². The standard InChI is InChI=1S/C23H32N4O2/c1-2-26-22(24-27(23(26)29)17-19-10-4-3-5-11-19)20-12-14-25(15-13-20)21(28)16-18-8-6-7-9-18/h3-5,10-11,18,20H,2,6-9,12-17H2,1H3. The third-order valence-corrected chi connectivity index (χ3v) is 6.59. The van der Waals surface area contributed by atoms with Crippen LogP contribution in [0.4, 0.5) is 0 Å². The predicted octanol–water partition coefficient (Wildman–Crippen LogP) is 3.40. The van der Waals surface area contributed by atoms with E-state index in [9.17, 15) is 9.59 Å². The van der Waals surface area contributed by atoms with Crippen LogP contribution in [0.5, 0.6) is 0 Å². The SMILES string of the molecule is CCn1c(C2CCN(C(=O)CC3CCCC3)CC2)nn(Cc2ccccc2)c1=O. The minimum Gasteiger partial charge on any atom is -0.343 e. The number of aromatic nitrogens is 3. The molecule has 2 heterocycles. The summed E-state index contributed by atoms with van der Waals surface area (Å²) in [5.41, 5.74) is 1.04. The first-order valence-corrected chi connectivity index (χ1v) is 11.1. The molecule has 6 heteroatoms. The molecule has 1 aliphatic carbocycles. The van der Waals surface area contributed by atoms with Crippen molar-refractivity contribution in [2.75, 3.05) is 13.1 Å². The third-order valence-electron chi connectivity index (χ3n) is 6.59. The predicted molar refractivity (Wildman–Crippen MR) is 113 cm³/mol. The summed E-state index contributed by atoms with van der Waals surface area (Å²) in [6.45, 7) is 4.68. The summed E-state index contributed by atoms with van der Waals surface area (Å²) in [5.74, 6) is 2.04. The van der Waals surface area contributed by atoms with Gasteiger partial charge in [-0.25, -0.2) is 9.48 Å². The summed E-state index contributed by atoms with van der Waals surface area (Å²) in [4.78, 5) is 27.5. The number of amides is 1. The van der Waals surface area contributed by atoms with Gasteiger partial charge in [0.1, 0.15) is 5.82 Å². The first-order chi connectivity index (χ1) is 14.2. The van der Waals surface area contributed by atoms with E-state index in [0.717, 1.165) is 43.7 Å². The Labute approximate surface area is 172 Å². The van der Waals surface area contributed by atoms with Crippen molar-refractivity contribution in [3.63, 3.8) is 0 Å². The van der Waals surface area contributed by atoms with Crippen molar-refractivity contribution >= 4 is 5.91 Å². The van der Waals surface area contributed by atoms with Crippen molar-refractivity contribution in [3.8, 4) is 0 Å². The minimum absolute atomic E-state index is 0.0360. The van der Waals surface area contributed by atoms with E-state index in [2.05, 4.69) is 0 Å². The quantitative estimate of drug-likeness (QED) is 0.752.